The highest BCUT2D eigenvalue weighted by atomic mass is 32.2. The van der Waals surface area contributed by atoms with Gasteiger partial charge >= 0.3 is 0 Å². The number of ether oxygens (including phenoxy) is 1. The number of nitrogens with zero attached hydrogens (tertiary/aromatic N) is 3. The largest absolute Gasteiger partial charge is 0.494 e. The molecule has 1 aromatic heterocycles. The van der Waals surface area contributed by atoms with E-state index in [2.05, 4.69) is 19.9 Å². The summed E-state index contributed by atoms with van der Waals surface area (Å²) in [6, 6.07) is 6.04. The maximum Gasteiger partial charge on any atom is 0.264 e. The van der Waals surface area contributed by atoms with Crippen molar-refractivity contribution in [3.05, 3.63) is 36.7 Å². The summed E-state index contributed by atoms with van der Waals surface area (Å²) in [6.45, 7) is 1.03. The first kappa shape index (κ1) is 15.1. The van der Waals surface area contributed by atoms with Gasteiger partial charge in [-0.3, -0.25) is 0 Å². The van der Waals surface area contributed by atoms with E-state index in [0.717, 1.165) is 6.42 Å². The Bertz CT molecular complexity index is 661. The van der Waals surface area contributed by atoms with Crippen molar-refractivity contribution < 1.29 is 13.2 Å². The molecule has 21 heavy (non-hydrogen) atoms. The Labute approximate surface area is 122 Å². The van der Waals surface area contributed by atoms with Gasteiger partial charge in [0.1, 0.15) is 5.75 Å². The predicted molar refractivity (Wildman–Crippen MR) is 76.2 cm³/mol. The molecule has 2 rings (SSSR count). The number of nitrogens with two attached hydrogens (primary N) is 1. The van der Waals surface area contributed by atoms with Crippen LogP contribution in [-0.2, 0) is 10.0 Å². The van der Waals surface area contributed by atoms with Crippen LogP contribution in [0, 0.1) is 0 Å². The Kier molecular flexibility index (Phi) is 5.01. The third-order valence-corrected chi connectivity index (χ3v) is 3.80. The summed E-state index contributed by atoms with van der Waals surface area (Å²) in [6.07, 6.45) is 3.43. The van der Waals surface area contributed by atoms with E-state index < -0.39 is 10.0 Å². The molecule has 0 unspecified atom stereocenters. The zero-order valence-electron chi connectivity index (χ0n) is 11.1. The van der Waals surface area contributed by atoms with E-state index >= 15 is 0 Å². The topological polar surface area (TPSA) is 120 Å². The molecular weight excluding hydrogens is 294 g/mol. The smallest absolute Gasteiger partial charge is 0.264 e. The number of sulfonamides is 1. The fourth-order valence-electron chi connectivity index (χ4n) is 1.46. The summed E-state index contributed by atoms with van der Waals surface area (Å²) in [4.78, 5) is 3.84. The van der Waals surface area contributed by atoms with Gasteiger partial charge in [-0.1, -0.05) is 0 Å². The molecule has 0 aliphatic rings. The van der Waals surface area contributed by atoms with Gasteiger partial charge in [0.25, 0.3) is 16.0 Å². The minimum atomic E-state index is -3.75. The Morgan fingerprint density at radius 2 is 1.95 bits per heavy atom. The van der Waals surface area contributed by atoms with Gasteiger partial charge < -0.3 is 10.5 Å². The molecule has 0 atom stereocenters. The summed E-state index contributed by atoms with van der Waals surface area (Å²) in [5.41, 5.74) is 5.36. The maximum atomic E-state index is 12.1. The van der Waals surface area contributed by atoms with Crippen LogP contribution in [0.1, 0.15) is 6.42 Å². The molecule has 1 aromatic carbocycles. The molecule has 112 valence electrons. The van der Waals surface area contributed by atoms with E-state index in [0.29, 0.717) is 18.9 Å². The minimum Gasteiger partial charge on any atom is -0.494 e. The van der Waals surface area contributed by atoms with Gasteiger partial charge in [-0.05, 0) is 37.2 Å². The Morgan fingerprint density at radius 1 is 1.19 bits per heavy atom. The van der Waals surface area contributed by atoms with Crippen molar-refractivity contribution in [1.29, 1.82) is 0 Å². The lowest BCUT2D eigenvalue weighted by Crippen LogP contribution is -2.15. The fraction of sp³-hybridized carbons (Fsp3) is 0.250. The van der Waals surface area contributed by atoms with Gasteiger partial charge in [0, 0.05) is 0 Å². The zero-order chi connectivity index (χ0) is 15.1. The van der Waals surface area contributed by atoms with E-state index in [1.54, 1.807) is 12.1 Å². The van der Waals surface area contributed by atoms with Gasteiger partial charge in [0.2, 0.25) is 0 Å². The summed E-state index contributed by atoms with van der Waals surface area (Å²) >= 11 is 0. The predicted octanol–water partition coefficient (Wildman–Crippen LogP) is 0.400. The van der Waals surface area contributed by atoms with E-state index in [9.17, 15) is 8.42 Å². The molecule has 0 aliphatic heterocycles. The standard InChI is InChI=1S/C12H15N5O3S/c13-6-1-9-20-10-2-4-11(5-3-10)21(18,19)17-12-14-7-8-15-16-12/h2-5,7-8H,1,6,9,13H2,(H,14,16,17). The lowest BCUT2D eigenvalue weighted by atomic mass is 10.3. The van der Waals surface area contributed by atoms with Gasteiger partial charge in [0.05, 0.1) is 23.9 Å². The van der Waals surface area contributed by atoms with Crippen LogP contribution in [0.4, 0.5) is 5.95 Å². The molecule has 3 N–H and O–H groups in total. The third kappa shape index (κ3) is 4.36. The zero-order valence-corrected chi connectivity index (χ0v) is 12.0. The number of nitrogens with one attached hydrogen (secondary N) is 1. The van der Waals surface area contributed by atoms with Gasteiger partial charge in [-0.15, -0.1) is 5.10 Å². The van der Waals surface area contributed by atoms with E-state index in [-0.39, 0.29) is 10.8 Å². The third-order valence-electron chi connectivity index (χ3n) is 2.46. The van der Waals surface area contributed by atoms with Crippen molar-refractivity contribution in [3.63, 3.8) is 0 Å². The lowest BCUT2D eigenvalue weighted by molar-refractivity contribution is 0.313. The van der Waals surface area contributed by atoms with Crippen molar-refractivity contribution in [2.45, 2.75) is 11.3 Å². The molecule has 8 nitrogen and oxygen atoms in total. The molecule has 1 heterocycles. The highest BCUT2D eigenvalue weighted by molar-refractivity contribution is 7.92. The first-order valence-electron chi connectivity index (χ1n) is 6.21. The molecule has 0 saturated heterocycles. The lowest BCUT2D eigenvalue weighted by Gasteiger charge is -2.08. The first-order valence-corrected chi connectivity index (χ1v) is 7.69. The average Bonchev–Trinajstić information content (AvgIpc) is 2.49. The van der Waals surface area contributed by atoms with Crippen LogP contribution in [0.5, 0.6) is 5.75 Å². The van der Waals surface area contributed by atoms with Crippen LogP contribution in [0.15, 0.2) is 41.6 Å². The Morgan fingerprint density at radius 3 is 2.57 bits per heavy atom. The molecule has 0 saturated carbocycles. The quantitative estimate of drug-likeness (QED) is 0.710. The molecule has 2 aromatic rings. The van der Waals surface area contributed by atoms with Gasteiger partial charge in [0.15, 0.2) is 0 Å². The van der Waals surface area contributed by atoms with Crippen LogP contribution in [0.25, 0.3) is 0 Å². The molecule has 9 heteroatoms. The van der Waals surface area contributed by atoms with Crippen molar-refractivity contribution in [3.8, 4) is 5.75 Å². The number of anilines is 1. The second-order valence-corrected chi connectivity index (χ2v) is 5.72. The monoisotopic (exact) mass is 309 g/mol. The summed E-state index contributed by atoms with van der Waals surface area (Å²) in [5, 5.41) is 7.12. The Hall–Kier alpha value is -2.26. The number of aromatic nitrogens is 3. The van der Waals surface area contributed by atoms with Crippen molar-refractivity contribution in [2.75, 3.05) is 17.9 Å². The van der Waals surface area contributed by atoms with Gasteiger partial charge in [-0.2, -0.15) is 5.10 Å². The highest BCUT2D eigenvalue weighted by Crippen LogP contribution is 2.17. The fourth-order valence-corrected chi connectivity index (χ4v) is 2.41. The van der Waals surface area contributed by atoms with E-state index in [4.69, 9.17) is 10.5 Å². The molecule has 0 spiro atoms. The Balaban J connectivity index is 2.06. The number of rotatable bonds is 7. The van der Waals surface area contributed by atoms with Crippen LogP contribution in [0.2, 0.25) is 0 Å². The van der Waals surface area contributed by atoms with Crippen LogP contribution in [-0.4, -0.2) is 36.8 Å². The van der Waals surface area contributed by atoms with Crippen LogP contribution >= 0.6 is 0 Å². The number of benzene rings is 1. The van der Waals surface area contributed by atoms with Crippen LogP contribution in [0.3, 0.4) is 0 Å². The molecule has 0 amide bonds. The second kappa shape index (κ2) is 6.95. The van der Waals surface area contributed by atoms with Gasteiger partial charge in [-0.25, -0.2) is 18.1 Å². The van der Waals surface area contributed by atoms with E-state index in [1.165, 1.54) is 24.5 Å². The summed E-state index contributed by atoms with van der Waals surface area (Å²) in [5.74, 6) is 0.501. The van der Waals surface area contributed by atoms with E-state index in [1.807, 2.05) is 0 Å². The summed E-state index contributed by atoms with van der Waals surface area (Å²) in [7, 11) is -3.75. The molecule has 0 bridgehead atoms. The van der Waals surface area contributed by atoms with Crippen molar-refractivity contribution >= 4 is 16.0 Å². The second-order valence-electron chi connectivity index (χ2n) is 4.03. The van der Waals surface area contributed by atoms with Crippen molar-refractivity contribution in [2.24, 2.45) is 5.73 Å². The highest BCUT2D eigenvalue weighted by Gasteiger charge is 2.15. The molecule has 0 radical (unpaired) electrons. The number of hydrogen-bond donors (Lipinski definition) is 2. The van der Waals surface area contributed by atoms with Crippen LogP contribution < -0.4 is 15.2 Å². The van der Waals surface area contributed by atoms with Crippen molar-refractivity contribution in [1.82, 2.24) is 15.2 Å². The average molecular weight is 309 g/mol. The normalized spacial score (nSPS) is 11.1. The molecular formula is C12H15N5O3S. The summed E-state index contributed by atoms with van der Waals surface area (Å²) < 4.78 is 31.8. The maximum absolute atomic E-state index is 12.1. The minimum absolute atomic E-state index is 0.0826. The first-order chi connectivity index (χ1) is 10.1. The molecule has 0 aliphatic carbocycles. The molecule has 0 fully saturated rings. The number of hydrogen-bond acceptors (Lipinski definition) is 7. The SMILES string of the molecule is NCCCOc1ccc(S(=O)(=O)Nc2nccnn2)cc1.